The van der Waals surface area contributed by atoms with Gasteiger partial charge in [-0.25, -0.2) is 9.98 Å². The first-order chi connectivity index (χ1) is 11.4. The zero-order valence-corrected chi connectivity index (χ0v) is 15.8. The molecule has 1 atom stereocenters. The molecule has 1 fully saturated rings. The maximum absolute atomic E-state index is 4.63. The minimum absolute atomic E-state index is 0.107. The first-order valence-electron chi connectivity index (χ1n) is 9.02. The highest BCUT2D eigenvalue weighted by Gasteiger charge is 2.30. The molecular weight excluding hydrogens is 302 g/mol. The number of aryl methyl sites for hydroxylation is 1. The summed E-state index contributed by atoms with van der Waals surface area (Å²) in [6, 6.07) is 0. The molecule has 24 heavy (non-hydrogen) atoms. The van der Waals surface area contributed by atoms with Gasteiger partial charge in [0, 0.05) is 32.2 Å². The van der Waals surface area contributed by atoms with E-state index in [1.807, 2.05) is 7.05 Å². The molecule has 7 nitrogen and oxygen atoms in total. The van der Waals surface area contributed by atoms with Gasteiger partial charge in [-0.3, -0.25) is 9.58 Å². The lowest BCUT2D eigenvalue weighted by Crippen LogP contribution is -2.56. The van der Waals surface area contributed by atoms with E-state index < -0.39 is 0 Å². The molecule has 0 spiro atoms. The highest BCUT2D eigenvalue weighted by Crippen LogP contribution is 2.23. The molecule has 1 saturated heterocycles. The van der Waals surface area contributed by atoms with Crippen molar-refractivity contribution in [2.75, 3.05) is 26.2 Å². The van der Waals surface area contributed by atoms with E-state index in [1.54, 1.807) is 11.0 Å². The van der Waals surface area contributed by atoms with Crippen LogP contribution in [0, 0.1) is 5.92 Å². The third kappa shape index (κ3) is 5.19. The molecule has 1 aliphatic rings. The van der Waals surface area contributed by atoms with Crippen LogP contribution in [-0.2, 0) is 13.6 Å². The van der Waals surface area contributed by atoms with Gasteiger partial charge in [0.05, 0.1) is 0 Å². The molecule has 1 aliphatic heterocycles. The van der Waals surface area contributed by atoms with Crippen LogP contribution in [0.1, 0.15) is 46.4 Å². The topological polar surface area (TPSA) is 70.4 Å². The predicted molar refractivity (Wildman–Crippen MR) is 97.9 cm³/mol. The summed E-state index contributed by atoms with van der Waals surface area (Å²) in [4.78, 5) is 11.4. The van der Waals surface area contributed by atoms with Crippen LogP contribution in [-0.4, -0.2) is 57.3 Å². The Morgan fingerprint density at radius 2 is 2.21 bits per heavy atom. The van der Waals surface area contributed by atoms with Crippen molar-refractivity contribution in [2.24, 2.45) is 18.0 Å². The molecule has 7 heteroatoms. The number of hydrogen-bond donors (Lipinski definition) is 2. The van der Waals surface area contributed by atoms with Gasteiger partial charge in [0.1, 0.15) is 18.7 Å². The second-order valence-corrected chi connectivity index (χ2v) is 7.35. The summed E-state index contributed by atoms with van der Waals surface area (Å²) in [5, 5.41) is 10.9. The van der Waals surface area contributed by atoms with Crippen molar-refractivity contribution in [1.82, 2.24) is 30.3 Å². The second-order valence-electron chi connectivity index (χ2n) is 7.35. The predicted octanol–water partition coefficient (Wildman–Crippen LogP) is 1.38. The fraction of sp³-hybridized carbons (Fsp3) is 0.824. The van der Waals surface area contributed by atoms with Crippen LogP contribution in [0.5, 0.6) is 0 Å². The quantitative estimate of drug-likeness (QED) is 0.607. The first kappa shape index (κ1) is 18.7. The van der Waals surface area contributed by atoms with Gasteiger partial charge in [-0.2, -0.15) is 5.10 Å². The van der Waals surface area contributed by atoms with Gasteiger partial charge in [0.2, 0.25) is 0 Å². The van der Waals surface area contributed by atoms with Crippen LogP contribution in [0.15, 0.2) is 11.3 Å². The molecule has 1 aromatic heterocycles. The van der Waals surface area contributed by atoms with Crippen LogP contribution in [0.25, 0.3) is 0 Å². The van der Waals surface area contributed by atoms with Gasteiger partial charge in [0.25, 0.3) is 0 Å². The lowest BCUT2D eigenvalue weighted by molar-refractivity contribution is 0.0739. The zero-order valence-electron chi connectivity index (χ0n) is 15.8. The van der Waals surface area contributed by atoms with E-state index in [-0.39, 0.29) is 5.54 Å². The fourth-order valence-corrected chi connectivity index (χ4v) is 3.11. The van der Waals surface area contributed by atoms with E-state index in [4.69, 9.17) is 0 Å². The van der Waals surface area contributed by atoms with Gasteiger partial charge in [-0.1, -0.05) is 6.92 Å². The van der Waals surface area contributed by atoms with Gasteiger partial charge >= 0.3 is 0 Å². The molecule has 0 aromatic carbocycles. The van der Waals surface area contributed by atoms with Crippen molar-refractivity contribution in [3.05, 3.63) is 12.2 Å². The number of aliphatic imine (C=N–C) groups is 1. The highest BCUT2D eigenvalue weighted by molar-refractivity contribution is 5.79. The average Bonchev–Trinajstić information content (AvgIpc) is 2.95. The van der Waals surface area contributed by atoms with Crippen LogP contribution in [0.2, 0.25) is 0 Å². The number of nitrogens with one attached hydrogen (secondary N) is 2. The van der Waals surface area contributed by atoms with Gasteiger partial charge < -0.3 is 10.6 Å². The monoisotopic (exact) mass is 335 g/mol. The van der Waals surface area contributed by atoms with Crippen molar-refractivity contribution in [3.8, 4) is 0 Å². The van der Waals surface area contributed by atoms with Crippen molar-refractivity contribution < 1.29 is 0 Å². The molecule has 1 unspecified atom stereocenters. The molecule has 0 radical (unpaired) electrons. The van der Waals surface area contributed by atoms with E-state index >= 15 is 0 Å². The molecule has 1 aromatic rings. The SMILES string of the molecule is CCNC(=NCc1ncnn1C)NCC(C)(C)N1CCCC(C)C1. The van der Waals surface area contributed by atoms with Crippen LogP contribution in [0.4, 0.5) is 0 Å². The van der Waals surface area contributed by atoms with E-state index in [0.29, 0.717) is 6.54 Å². The number of piperidine rings is 1. The summed E-state index contributed by atoms with van der Waals surface area (Å²) in [6.45, 7) is 13.6. The van der Waals surface area contributed by atoms with E-state index in [2.05, 4.69) is 58.3 Å². The molecule has 2 rings (SSSR count). The standard InChI is InChI=1S/C17H33N7/c1-6-18-16(19-10-15-21-13-22-23(15)5)20-12-17(3,4)24-9-7-8-14(2)11-24/h13-14H,6-12H2,1-5H3,(H2,18,19,20). The summed E-state index contributed by atoms with van der Waals surface area (Å²) < 4.78 is 1.76. The number of likely N-dealkylation sites (tertiary alicyclic amines) is 1. The van der Waals surface area contributed by atoms with Crippen molar-refractivity contribution >= 4 is 5.96 Å². The molecule has 0 saturated carbocycles. The normalized spacial score (nSPS) is 20.2. The van der Waals surface area contributed by atoms with E-state index in [1.165, 1.54) is 25.9 Å². The van der Waals surface area contributed by atoms with Crippen molar-refractivity contribution in [2.45, 2.75) is 52.6 Å². The first-order valence-corrected chi connectivity index (χ1v) is 9.02. The molecule has 136 valence electrons. The van der Waals surface area contributed by atoms with Crippen molar-refractivity contribution in [3.63, 3.8) is 0 Å². The number of rotatable bonds is 6. The Kier molecular flexibility index (Phi) is 6.60. The molecule has 2 N–H and O–H groups in total. The summed E-state index contributed by atoms with van der Waals surface area (Å²) in [7, 11) is 1.89. The number of aromatic nitrogens is 3. The van der Waals surface area contributed by atoms with Gasteiger partial charge in [-0.05, 0) is 46.1 Å². The molecule has 0 bridgehead atoms. The van der Waals surface area contributed by atoms with Gasteiger partial charge in [-0.15, -0.1) is 0 Å². The minimum Gasteiger partial charge on any atom is -0.357 e. The van der Waals surface area contributed by atoms with Crippen LogP contribution in [0.3, 0.4) is 0 Å². The Morgan fingerprint density at radius 3 is 2.83 bits per heavy atom. The minimum atomic E-state index is 0.107. The fourth-order valence-electron chi connectivity index (χ4n) is 3.11. The zero-order chi connectivity index (χ0) is 17.6. The smallest absolute Gasteiger partial charge is 0.191 e. The van der Waals surface area contributed by atoms with E-state index in [0.717, 1.165) is 30.8 Å². The lowest BCUT2D eigenvalue weighted by Gasteiger charge is -2.43. The maximum atomic E-state index is 4.63. The molecule has 0 aliphatic carbocycles. The Hall–Kier alpha value is -1.63. The second kappa shape index (κ2) is 8.46. The maximum Gasteiger partial charge on any atom is 0.191 e. The van der Waals surface area contributed by atoms with E-state index in [9.17, 15) is 0 Å². The molecule has 0 amide bonds. The Bertz CT molecular complexity index is 535. The molecular formula is C17H33N7. The largest absolute Gasteiger partial charge is 0.357 e. The number of hydrogen-bond acceptors (Lipinski definition) is 4. The van der Waals surface area contributed by atoms with Crippen molar-refractivity contribution in [1.29, 1.82) is 0 Å². The Morgan fingerprint density at radius 1 is 1.42 bits per heavy atom. The third-order valence-corrected chi connectivity index (χ3v) is 4.73. The highest BCUT2D eigenvalue weighted by atomic mass is 15.3. The summed E-state index contributed by atoms with van der Waals surface area (Å²) in [6.07, 6.45) is 4.21. The summed E-state index contributed by atoms with van der Waals surface area (Å²) >= 11 is 0. The lowest BCUT2D eigenvalue weighted by atomic mass is 9.93. The summed E-state index contributed by atoms with van der Waals surface area (Å²) in [5.41, 5.74) is 0.107. The Balaban J connectivity index is 1.93. The molecule has 2 heterocycles. The van der Waals surface area contributed by atoms with Crippen LogP contribution < -0.4 is 10.6 Å². The third-order valence-electron chi connectivity index (χ3n) is 4.73. The van der Waals surface area contributed by atoms with Crippen LogP contribution >= 0.6 is 0 Å². The number of nitrogens with zero attached hydrogens (tertiary/aromatic N) is 5. The van der Waals surface area contributed by atoms with Gasteiger partial charge in [0.15, 0.2) is 5.96 Å². The number of guanidine groups is 1. The Labute approximate surface area is 145 Å². The summed E-state index contributed by atoms with van der Waals surface area (Å²) in [5.74, 6) is 2.48. The average molecular weight is 336 g/mol.